The zero-order valence-electron chi connectivity index (χ0n) is 12.2. The largest absolute Gasteiger partial charge is 0.333 e. The predicted molar refractivity (Wildman–Crippen MR) is 79.2 cm³/mol. The fraction of sp³-hybridized carbons (Fsp3) is 0.500. The second-order valence-corrected chi connectivity index (χ2v) is 5.44. The van der Waals surface area contributed by atoms with Gasteiger partial charge >= 0.3 is 0 Å². The molecule has 0 radical (unpaired) electrons. The lowest BCUT2D eigenvalue weighted by Crippen LogP contribution is -2.41. The topological polar surface area (TPSA) is 38.1 Å². The number of rotatable bonds is 3. The molecular weight excluding hydrogens is 250 g/mol. The summed E-state index contributed by atoms with van der Waals surface area (Å²) >= 11 is 0. The minimum atomic E-state index is 0.158. The van der Waals surface area contributed by atoms with Gasteiger partial charge in [-0.15, -0.1) is 0 Å². The Morgan fingerprint density at radius 3 is 2.75 bits per heavy atom. The monoisotopic (exact) mass is 271 g/mol. The van der Waals surface area contributed by atoms with Gasteiger partial charge < -0.3 is 9.47 Å². The number of carbonyl (C=O) groups excluding carboxylic acids is 1. The number of para-hydroxylation sites is 2. The van der Waals surface area contributed by atoms with E-state index in [1.54, 1.807) is 0 Å². The van der Waals surface area contributed by atoms with Crippen molar-refractivity contribution in [2.24, 2.45) is 5.92 Å². The zero-order valence-corrected chi connectivity index (χ0v) is 12.2. The van der Waals surface area contributed by atoms with Gasteiger partial charge in [0.25, 0.3) is 0 Å². The van der Waals surface area contributed by atoms with Gasteiger partial charge in [0.05, 0.1) is 17.6 Å². The molecular formula is C16H21N3O. The highest BCUT2D eigenvalue weighted by Gasteiger charge is 2.26. The van der Waals surface area contributed by atoms with Crippen LogP contribution in [0, 0.1) is 5.92 Å². The molecule has 0 saturated heterocycles. The molecule has 0 saturated carbocycles. The van der Waals surface area contributed by atoms with E-state index in [0.717, 1.165) is 37.3 Å². The van der Waals surface area contributed by atoms with Crippen molar-refractivity contribution in [2.75, 3.05) is 6.54 Å². The predicted octanol–water partition coefficient (Wildman–Crippen LogP) is 2.81. The Morgan fingerprint density at radius 1 is 1.25 bits per heavy atom. The number of hydrogen-bond acceptors (Lipinski definition) is 2. The summed E-state index contributed by atoms with van der Waals surface area (Å²) in [6.45, 7) is 6.46. The van der Waals surface area contributed by atoms with Crippen molar-refractivity contribution in [2.45, 2.75) is 39.8 Å². The lowest BCUT2D eigenvalue weighted by molar-refractivity contribution is -0.137. The zero-order chi connectivity index (χ0) is 14.1. The number of benzene rings is 1. The number of fused-ring (bicyclic) bond motifs is 3. The van der Waals surface area contributed by atoms with E-state index < -0.39 is 0 Å². The molecule has 20 heavy (non-hydrogen) atoms. The molecule has 0 bridgehead atoms. The van der Waals surface area contributed by atoms with Crippen LogP contribution in [0.25, 0.3) is 11.0 Å². The molecule has 1 aromatic heterocycles. The summed E-state index contributed by atoms with van der Waals surface area (Å²) in [5, 5.41) is 0. The van der Waals surface area contributed by atoms with E-state index in [9.17, 15) is 4.79 Å². The summed E-state index contributed by atoms with van der Waals surface area (Å²) in [5.74, 6) is 1.45. The molecule has 0 spiro atoms. The van der Waals surface area contributed by atoms with E-state index in [1.807, 2.05) is 23.1 Å². The second kappa shape index (κ2) is 5.27. The molecule has 106 valence electrons. The summed E-state index contributed by atoms with van der Waals surface area (Å²) < 4.78 is 2.24. The number of nitrogens with zero attached hydrogens (tertiary/aromatic N) is 3. The van der Waals surface area contributed by atoms with E-state index >= 15 is 0 Å². The van der Waals surface area contributed by atoms with Gasteiger partial charge in [-0.2, -0.15) is 0 Å². The van der Waals surface area contributed by atoms with Crippen molar-refractivity contribution < 1.29 is 4.79 Å². The number of imidazole rings is 1. The third-order valence-electron chi connectivity index (χ3n) is 4.31. The van der Waals surface area contributed by atoms with E-state index in [1.165, 1.54) is 5.52 Å². The molecule has 2 heterocycles. The third kappa shape index (κ3) is 2.09. The van der Waals surface area contributed by atoms with Crippen LogP contribution in [0.15, 0.2) is 24.3 Å². The normalized spacial score (nSPS) is 14.8. The Kier molecular flexibility index (Phi) is 3.47. The number of carbonyl (C=O) groups is 1. The van der Waals surface area contributed by atoms with Gasteiger partial charge in [-0.25, -0.2) is 4.98 Å². The van der Waals surface area contributed by atoms with Gasteiger partial charge in [0, 0.05) is 19.0 Å². The quantitative estimate of drug-likeness (QED) is 0.861. The fourth-order valence-electron chi connectivity index (χ4n) is 3.05. The Hall–Kier alpha value is -1.84. The van der Waals surface area contributed by atoms with Gasteiger partial charge in [0.2, 0.25) is 5.91 Å². The Bertz CT molecular complexity index is 628. The van der Waals surface area contributed by atoms with E-state index in [0.29, 0.717) is 6.54 Å². The van der Waals surface area contributed by atoms with Gasteiger partial charge in [0.1, 0.15) is 5.82 Å². The Balaban J connectivity index is 1.87. The van der Waals surface area contributed by atoms with E-state index in [2.05, 4.69) is 29.5 Å². The first-order valence-corrected chi connectivity index (χ1v) is 7.47. The van der Waals surface area contributed by atoms with Crippen molar-refractivity contribution in [1.82, 2.24) is 14.5 Å². The molecule has 1 amide bonds. The van der Waals surface area contributed by atoms with Gasteiger partial charge in [-0.1, -0.05) is 26.0 Å². The maximum atomic E-state index is 12.5. The summed E-state index contributed by atoms with van der Waals surface area (Å²) in [6.07, 6.45) is 1.84. The van der Waals surface area contributed by atoms with Crippen LogP contribution in [0.5, 0.6) is 0 Å². The lowest BCUT2D eigenvalue weighted by atomic mass is 10.0. The van der Waals surface area contributed by atoms with Gasteiger partial charge in [-0.3, -0.25) is 4.79 Å². The molecule has 1 aliphatic rings. The molecule has 4 nitrogen and oxygen atoms in total. The highest BCUT2D eigenvalue weighted by molar-refractivity contribution is 5.80. The SMILES string of the molecule is CCC(CC)C(=O)N1CCn2c(nc3ccccc32)C1. The van der Waals surface area contributed by atoms with Crippen LogP contribution in [-0.4, -0.2) is 26.9 Å². The molecule has 0 fully saturated rings. The van der Waals surface area contributed by atoms with Crippen molar-refractivity contribution >= 4 is 16.9 Å². The van der Waals surface area contributed by atoms with Gasteiger partial charge in [-0.05, 0) is 25.0 Å². The average molecular weight is 271 g/mol. The van der Waals surface area contributed by atoms with Crippen LogP contribution in [0.1, 0.15) is 32.5 Å². The fourth-order valence-corrected chi connectivity index (χ4v) is 3.05. The Morgan fingerprint density at radius 2 is 2.00 bits per heavy atom. The van der Waals surface area contributed by atoms with E-state index in [4.69, 9.17) is 0 Å². The minimum absolute atomic E-state index is 0.158. The van der Waals surface area contributed by atoms with Crippen LogP contribution in [0.4, 0.5) is 0 Å². The third-order valence-corrected chi connectivity index (χ3v) is 4.31. The van der Waals surface area contributed by atoms with Crippen LogP contribution in [0.3, 0.4) is 0 Å². The summed E-state index contributed by atoms with van der Waals surface area (Å²) in [5.41, 5.74) is 2.21. The average Bonchev–Trinajstić information content (AvgIpc) is 2.86. The van der Waals surface area contributed by atoms with Crippen LogP contribution < -0.4 is 0 Å². The van der Waals surface area contributed by atoms with E-state index in [-0.39, 0.29) is 11.8 Å². The molecule has 0 atom stereocenters. The van der Waals surface area contributed by atoms with Crippen molar-refractivity contribution in [3.63, 3.8) is 0 Å². The number of aromatic nitrogens is 2. The summed E-state index contributed by atoms with van der Waals surface area (Å²) in [4.78, 5) is 19.1. The molecule has 1 aromatic carbocycles. The molecule has 1 aliphatic heterocycles. The summed E-state index contributed by atoms with van der Waals surface area (Å²) in [6, 6.07) is 8.19. The van der Waals surface area contributed by atoms with Crippen molar-refractivity contribution in [1.29, 1.82) is 0 Å². The first-order chi connectivity index (χ1) is 9.74. The number of hydrogen-bond donors (Lipinski definition) is 0. The standard InChI is InChI=1S/C16H21N3O/c1-3-12(4-2)16(20)18-9-10-19-14-8-6-5-7-13(14)17-15(19)11-18/h5-8,12H,3-4,9-11H2,1-2H3. The molecule has 0 unspecified atom stereocenters. The molecule has 0 aliphatic carbocycles. The van der Waals surface area contributed by atoms with Crippen LogP contribution in [0.2, 0.25) is 0 Å². The second-order valence-electron chi connectivity index (χ2n) is 5.44. The molecule has 4 heteroatoms. The van der Waals surface area contributed by atoms with Crippen LogP contribution >= 0.6 is 0 Å². The molecule has 0 N–H and O–H groups in total. The highest BCUT2D eigenvalue weighted by Crippen LogP contribution is 2.22. The lowest BCUT2D eigenvalue weighted by Gasteiger charge is -2.30. The van der Waals surface area contributed by atoms with Crippen molar-refractivity contribution in [3.8, 4) is 0 Å². The van der Waals surface area contributed by atoms with Crippen LogP contribution in [-0.2, 0) is 17.9 Å². The maximum Gasteiger partial charge on any atom is 0.226 e. The minimum Gasteiger partial charge on any atom is -0.333 e. The first-order valence-electron chi connectivity index (χ1n) is 7.47. The molecule has 3 rings (SSSR count). The van der Waals surface area contributed by atoms with Gasteiger partial charge in [0.15, 0.2) is 0 Å². The van der Waals surface area contributed by atoms with Crippen molar-refractivity contribution in [3.05, 3.63) is 30.1 Å². The smallest absolute Gasteiger partial charge is 0.226 e. The number of amides is 1. The summed E-state index contributed by atoms with van der Waals surface area (Å²) in [7, 11) is 0. The maximum absolute atomic E-state index is 12.5. The molecule has 2 aromatic rings. The highest BCUT2D eigenvalue weighted by atomic mass is 16.2. The Labute approximate surface area is 119 Å². The first kappa shape index (κ1) is 13.2.